The number of benzene rings is 1. The van der Waals surface area contributed by atoms with E-state index in [1.165, 1.54) is 12.8 Å². The van der Waals surface area contributed by atoms with Crippen molar-refractivity contribution < 1.29 is 19.1 Å². The van der Waals surface area contributed by atoms with E-state index in [0.29, 0.717) is 30.4 Å². The number of anilines is 1. The Kier molecular flexibility index (Phi) is 9.48. The summed E-state index contributed by atoms with van der Waals surface area (Å²) in [6.45, 7) is 14.0. The Morgan fingerprint density at radius 2 is 1.77 bits per heavy atom. The average Bonchev–Trinajstić information content (AvgIpc) is 3.53. The van der Waals surface area contributed by atoms with Crippen LogP contribution in [0.1, 0.15) is 77.3 Å². The van der Waals surface area contributed by atoms with Crippen LogP contribution in [0.25, 0.3) is 0 Å². The van der Waals surface area contributed by atoms with Gasteiger partial charge in [-0.15, -0.1) is 0 Å². The molecule has 8 nitrogen and oxygen atoms in total. The van der Waals surface area contributed by atoms with Crippen molar-refractivity contribution in [3.8, 4) is 0 Å². The van der Waals surface area contributed by atoms with Crippen molar-refractivity contribution in [2.24, 2.45) is 11.8 Å². The Morgan fingerprint density at radius 3 is 2.44 bits per heavy atom. The van der Waals surface area contributed by atoms with Gasteiger partial charge in [0.1, 0.15) is 5.60 Å². The van der Waals surface area contributed by atoms with Crippen LogP contribution in [0.4, 0.5) is 10.5 Å². The third kappa shape index (κ3) is 7.88. The number of hydrogen-bond acceptors (Lipinski definition) is 5. The summed E-state index contributed by atoms with van der Waals surface area (Å²) in [5.41, 5.74) is 2.28. The van der Waals surface area contributed by atoms with Crippen molar-refractivity contribution in [1.82, 2.24) is 14.7 Å². The first-order valence-electron chi connectivity index (χ1n) is 14.5. The van der Waals surface area contributed by atoms with Gasteiger partial charge >= 0.3 is 6.09 Å². The summed E-state index contributed by atoms with van der Waals surface area (Å²) in [4.78, 5) is 44.4. The highest BCUT2D eigenvalue weighted by molar-refractivity contribution is 6.31. The summed E-state index contributed by atoms with van der Waals surface area (Å²) in [6, 6.07) is 3.96. The summed E-state index contributed by atoms with van der Waals surface area (Å²) in [6.07, 6.45) is 5.20. The maximum atomic E-state index is 13.0. The molecule has 1 N–H and O–H groups in total. The van der Waals surface area contributed by atoms with Crippen LogP contribution in [-0.4, -0.2) is 77.0 Å². The first-order valence-corrected chi connectivity index (χ1v) is 14.9. The van der Waals surface area contributed by atoms with E-state index in [-0.39, 0.29) is 29.9 Å². The molecular weight excluding hydrogens is 516 g/mol. The molecule has 0 aromatic heterocycles. The quantitative estimate of drug-likeness (QED) is 0.500. The molecule has 0 radical (unpaired) electrons. The molecule has 2 saturated heterocycles. The molecule has 4 rings (SSSR count). The van der Waals surface area contributed by atoms with Crippen molar-refractivity contribution in [1.29, 1.82) is 0 Å². The van der Waals surface area contributed by atoms with Gasteiger partial charge in [0.2, 0.25) is 11.8 Å². The molecule has 2 heterocycles. The molecule has 1 saturated carbocycles. The Balaban J connectivity index is 1.31. The van der Waals surface area contributed by atoms with Gasteiger partial charge in [-0.1, -0.05) is 24.4 Å². The maximum Gasteiger partial charge on any atom is 0.410 e. The number of likely N-dealkylation sites (tertiary alicyclic amines) is 1. The number of amides is 3. The molecule has 9 heteroatoms. The summed E-state index contributed by atoms with van der Waals surface area (Å²) in [7, 11) is 0. The molecular formula is C30H45ClN4O4. The largest absolute Gasteiger partial charge is 0.444 e. The van der Waals surface area contributed by atoms with Gasteiger partial charge in [0.05, 0.1) is 0 Å². The number of rotatable bonds is 6. The first kappa shape index (κ1) is 29.7. The monoisotopic (exact) mass is 560 g/mol. The molecule has 2 atom stereocenters. The van der Waals surface area contributed by atoms with Crippen LogP contribution in [0.2, 0.25) is 5.02 Å². The van der Waals surface area contributed by atoms with Crippen LogP contribution in [0.5, 0.6) is 0 Å². The number of nitrogens with one attached hydrogen (secondary N) is 1. The van der Waals surface area contributed by atoms with Crippen molar-refractivity contribution in [2.45, 2.75) is 91.3 Å². The van der Waals surface area contributed by atoms with E-state index in [0.717, 1.165) is 62.3 Å². The van der Waals surface area contributed by atoms with Crippen LogP contribution >= 0.6 is 11.6 Å². The molecule has 3 fully saturated rings. The Morgan fingerprint density at radius 1 is 1.05 bits per heavy atom. The highest BCUT2D eigenvalue weighted by atomic mass is 35.5. The molecule has 39 heavy (non-hydrogen) atoms. The summed E-state index contributed by atoms with van der Waals surface area (Å²) < 4.78 is 5.47. The van der Waals surface area contributed by atoms with E-state index in [2.05, 4.69) is 22.0 Å². The third-order valence-electron chi connectivity index (χ3n) is 8.26. The second-order valence-electron chi connectivity index (χ2n) is 12.7. The number of ether oxygens (including phenoxy) is 1. The Labute approximate surface area is 238 Å². The van der Waals surface area contributed by atoms with Gasteiger partial charge < -0.3 is 19.9 Å². The van der Waals surface area contributed by atoms with Crippen molar-refractivity contribution >= 4 is 35.2 Å². The molecule has 0 spiro atoms. The standard InChI is InChI=1S/C30H45ClN4O4/c1-20-17-33(12-13-35(20)28(37)23-8-6-7-9-23)19-24-15-25(31)16-26(21(24)2)32-27(36)14-22-10-11-34(18-22)29(38)39-30(3,4)5/h15-16,20,22-23H,6-14,17-19H2,1-5H3,(H,32,36). The number of halogens is 1. The number of carbonyl (C=O) groups excluding carboxylic acids is 3. The lowest BCUT2D eigenvalue weighted by Crippen LogP contribution is -2.54. The highest BCUT2D eigenvalue weighted by Gasteiger charge is 2.34. The van der Waals surface area contributed by atoms with Crippen LogP contribution in [0.3, 0.4) is 0 Å². The minimum Gasteiger partial charge on any atom is -0.444 e. The van der Waals surface area contributed by atoms with E-state index < -0.39 is 5.60 Å². The molecule has 3 aliphatic rings. The fourth-order valence-corrected chi connectivity index (χ4v) is 6.38. The maximum absolute atomic E-state index is 13.0. The van der Waals surface area contributed by atoms with E-state index >= 15 is 0 Å². The number of hydrogen-bond donors (Lipinski definition) is 1. The van der Waals surface area contributed by atoms with Gasteiger partial charge in [0, 0.05) is 68.4 Å². The Hall–Kier alpha value is -2.32. The van der Waals surface area contributed by atoms with Gasteiger partial charge in [0.15, 0.2) is 0 Å². The predicted octanol–water partition coefficient (Wildman–Crippen LogP) is 5.46. The summed E-state index contributed by atoms with van der Waals surface area (Å²) in [5.74, 6) is 0.571. The van der Waals surface area contributed by atoms with Gasteiger partial charge in [-0.3, -0.25) is 14.5 Å². The van der Waals surface area contributed by atoms with E-state index in [4.69, 9.17) is 16.3 Å². The van der Waals surface area contributed by atoms with Crippen LogP contribution in [0, 0.1) is 18.8 Å². The Bertz CT molecular complexity index is 1070. The number of nitrogens with zero attached hydrogens (tertiary/aromatic N) is 3. The van der Waals surface area contributed by atoms with Gasteiger partial charge in [-0.05, 0) is 83.1 Å². The van der Waals surface area contributed by atoms with Crippen molar-refractivity contribution in [2.75, 3.05) is 38.0 Å². The topological polar surface area (TPSA) is 82.2 Å². The molecule has 216 valence electrons. The van der Waals surface area contributed by atoms with Crippen LogP contribution < -0.4 is 5.32 Å². The molecule has 1 aromatic rings. The van der Waals surface area contributed by atoms with Gasteiger partial charge in [-0.25, -0.2) is 4.79 Å². The normalized spacial score (nSPS) is 22.8. The molecule has 1 aromatic carbocycles. The third-order valence-corrected chi connectivity index (χ3v) is 8.48. The lowest BCUT2D eigenvalue weighted by Gasteiger charge is -2.41. The second kappa shape index (κ2) is 12.5. The molecule has 0 bridgehead atoms. The zero-order valence-corrected chi connectivity index (χ0v) is 25.0. The highest BCUT2D eigenvalue weighted by Crippen LogP contribution is 2.30. The smallest absolute Gasteiger partial charge is 0.410 e. The first-order chi connectivity index (χ1) is 18.4. The predicted molar refractivity (Wildman–Crippen MR) is 154 cm³/mol. The fourth-order valence-electron chi connectivity index (χ4n) is 6.14. The van der Waals surface area contributed by atoms with E-state index in [1.54, 1.807) is 11.0 Å². The second-order valence-corrected chi connectivity index (χ2v) is 13.1. The SMILES string of the molecule is Cc1c(CN2CCN(C(=O)C3CCCC3)C(C)C2)cc(Cl)cc1NC(=O)CC1CCN(C(=O)OC(C)(C)C)C1. The van der Waals surface area contributed by atoms with E-state index in [1.807, 2.05) is 33.8 Å². The molecule has 2 aliphatic heterocycles. The van der Waals surface area contributed by atoms with E-state index in [9.17, 15) is 14.4 Å². The van der Waals surface area contributed by atoms with Gasteiger partial charge in [-0.2, -0.15) is 0 Å². The van der Waals surface area contributed by atoms with Crippen LogP contribution in [-0.2, 0) is 20.9 Å². The molecule has 3 amide bonds. The number of piperazine rings is 1. The van der Waals surface area contributed by atoms with Crippen molar-refractivity contribution in [3.63, 3.8) is 0 Å². The van der Waals surface area contributed by atoms with Crippen molar-refractivity contribution in [3.05, 3.63) is 28.3 Å². The fraction of sp³-hybridized carbons (Fsp3) is 0.700. The minimum absolute atomic E-state index is 0.0741. The number of carbonyl (C=O) groups is 3. The lowest BCUT2D eigenvalue weighted by atomic mass is 10.0. The zero-order valence-electron chi connectivity index (χ0n) is 24.2. The van der Waals surface area contributed by atoms with Crippen LogP contribution in [0.15, 0.2) is 12.1 Å². The lowest BCUT2D eigenvalue weighted by molar-refractivity contribution is -0.140. The van der Waals surface area contributed by atoms with Gasteiger partial charge in [0.25, 0.3) is 0 Å². The zero-order chi connectivity index (χ0) is 28.3. The minimum atomic E-state index is -0.535. The molecule has 1 aliphatic carbocycles. The summed E-state index contributed by atoms with van der Waals surface area (Å²) >= 11 is 6.49. The summed E-state index contributed by atoms with van der Waals surface area (Å²) in [5, 5.41) is 3.66. The molecule has 2 unspecified atom stereocenters. The average molecular weight is 561 g/mol.